The number of methoxy groups -OCH3 is 1. The smallest absolute Gasteiger partial charge is 0.233 e. The van der Waals surface area contributed by atoms with E-state index in [0.29, 0.717) is 28.5 Å². The predicted octanol–water partition coefficient (Wildman–Crippen LogP) is 3.83. The van der Waals surface area contributed by atoms with Gasteiger partial charge in [-0.15, -0.1) is 10.2 Å². The summed E-state index contributed by atoms with van der Waals surface area (Å²) >= 11 is 1.41. The number of carbonyl (C=O) groups excluding carboxylic acids is 1. The number of likely N-dealkylation sites (tertiary alicyclic amines) is 1. The summed E-state index contributed by atoms with van der Waals surface area (Å²) in [6, 6.07) is 11.8. The number of pyridine rings is 1. The molecule has 1 saturated heterocycles. The summed E-state index contributed by atoms with van der Waals surface area (Å²) in [6.45, 7) is 2.96. The maximum atomic E-state index is 12.8. The normalized spacial score (nSPS) is 16.5. The van der Waals surface area contributed by atoms with Crippen LogP contribution in [0, 0.1) is 0 Å². The second kappa shape index (κ2) is 9.30. The van der Waals surface area contributed by atoms with Crippen molar-refractivity contribution in [1.29, 1.82) is 0 Å². The quantitative estimate of drug-likeness (QED) is 0.561. The Morgan fingerprint density at radius 3 is 2.73 bits per heavy atom. The van der Waals surface area contributed by atoms with Crippen LogP contribution in [-0.4, -0.2) is 56.0 Å². The van der Waals surface area contributed by atoms with Crippen LogP contribution in [0.15, 0.2) is 53.9 Å². The molecule has 8 heteroatoms. The van der Waals surface area contributed by atoms with E-state index in [0.717, 1.165) is 30.6 Å². The molecule has 0 saturated carbocycles. The Kier molecular flexibility index (Phi) is 6.32. The standard InChI is InChI=1S/C22H25N5O2S/c1-16-7-5-6-14-26(16)20(28)15-30-22-25-24-21(17-10-12-23-13-11-17)27(22)18-8-3-4-9-19(18)29-2/h3-4,8-13,16H,5-7,14-15H2,1-2H3. The van der Waals surface area contributed by atoms with Crippen molar-refractivity contribution in [2.75, 3.05) is 19.4 Å². The van der Waals surface area contributed by atoms with Gasteiger partial charge in [0, 0.05) is 30.5 Å². The summed E-state index contributed by atoms with van der Waals surface area (Å²) in [5, 5.41) is 9.49. The number of nitrogens with zero attached hydrogens (tertiary/aromatic N) is 5. The molecule has 3 heterocycles. The Morgan fingerprint density at radius 2 is 1.97 bits per heavy atom. The molecule has 0 spiro atoms. The van der Waals surface area contributed by atoms with E-state index in [1.54, 1.807) is 19.5 Å². The van der Waals surface area contributed by atoms with Gasteiger partial charge in [0.05, 0.1) is 18.6 Å². The molecule has 1 aliphatic heterocycles. The predicted molar refractivity (Wildman–Crippen MR) is 117 cm³/mol. The number of piperidine rings is 1. The number of amides is 1. The third-order valence-corrected chi connectivity index (χ3v) is 6.26. The average Bonchev–Trinajstić information content (AvgIpc) is 3.22. The fourth-order valence-electron chi connectivity index (χ4n) is 3.76. The van der Waals surface area contributed by atoms with Crippen molar-refractivity contribution in [2.45, 2.75) is 37.4 Å². The number of benzene rings is 1. The van der Waals surface area contributed by atoms with E-state index in [9.17, 15) is 4.79 Å². The number of ether oxygens (including phenoxy) is 1. The molecule has 3 aromatic rings. The van der Waals surface area contributed by atoms with E-state index in [-0.39, 0.29) is 5.91 Å². The summed E-state index contributed by atoms with van der Waals surface area (Å²) in [4.78, 5) is 18.9. The molecule has 1 unspecified atom stereocenters. The number of hydrogen-bond acceptors (Lipinski definition) is 6. The maximum absolute atomic E-state index is 12.8. The zero-order chi connectivity index (χ0) is 20.9. The van der Waals surface area contributed by atoms with Crippen LogP contribution in [0.5, 0.6) is 5.75 Å². The van der Waals surface area contributed by atoms with Crippen molar-refractivity contribution in [3.8, 4) is 22.8 Å². The van der Waals surface area contributed by atoms with Crippen LogP contribution in [0.2, 0.25) is 0 Å². The van der Waals surface area contributed by atoms with E-state index >= 15 is 0 Å². The van der Waals surface area contributed by atoms with Crippen molar-refractivity contribution in [3.63, 3.8) is 0 Å². The number of carbonyl (C=O) groups is 1. The molecule has 0 radical (unpaired) electrons. The highest BCUT2D eigenvalue weighted by molar-refractivity contribution is 7.99. The molecule has 0 N–H and O–H groups in total. The third-order valence-electron chi connectivity index (χ3n) is 5.35. The van der Waals surface area contributed by atoms with Crippen molar-refractivity contribution in [2.24, 2.45) is 0 Å². The van der Waals surface area contributed by atoms with Crippen LogP contribution in [-0.2, 0) is 4.79 Å². The molecule has 1 atom stereocenters. The minimum Gasteiger partial charge on any atom is -0.495 e. The highest BCUT2D eigenvalue weighted by Gasteiger charge is 2.25. The van der Waals surface area contributed by atoms with Gasteiger partial charge in [-0.3, -0.25) is 14.3 Å². The lowest BCUT2D eigenvalue weighted by atomic mass is 10.0. The molecule has 1 amide bonds. The van der Waals surface area contributed by atoms with Gasteiger partial charge in [0.1, 0.15) is 5.75 Å². The van der Waals surface area contributed by atoms with Crippen LogP contribution >= 0.6 is 11.8 Å². The van der Waals surface area contributed by atoms with Crippen molar-refractivity contribution in [1.82, 2.24) is 24.6 Å². The molecule has 0 bridgehead atoms. The third kappa shape index (κ3) is 4.18. The Labute approximate surface area is 180 Å². The SMILES string of the molecule is COc1ccccc1-n1c(SCC(=O)N2CCCCC2C)nnc1-c1ccncc1. The van der Waals surface area contributed by atoms with Crippen LogP contribution in [0.4, 0.5) is 0 Å². The summed E-state index contributed by atoms with van der Waals surface area (Å²) < 4.78 is 7.53. The first-order chi connectivity index (χ1) is 14.7. The van der Waals surface area contributed by atoms with Crippen molar-refractivity contribution < 1.29 is 9.53 Å². The molecule has 7 nitrogen and oxygen atoms in total. The molecule has 2 aromatic heterocycles. The summed E-state index contributed by atoms with van der Waals surface area (Å²) in [5.41, 5.74) is 1.73. The van der Waals surface area contributed by atoms with Crippen LogP contribution in [0.1, 0.15) is 26.2 Å². The summed E-state index contributed by atoms with van der Waals surface area (Å²) in [5.74, 6) is 1.87. The second-order valence-corrected chi connectivity index (χ2v) is 8.21. The van der Waals surface area contributed by atoms with E-state index < -0.39 is 0 Å². The highest BCUT2D eigenvalue weighted by atomic mass is 32.2. The molecule has 4 rings (SSSR count). The molecular formula is C22H25N5O2S. The van der Waals surface area contributed by atoms with E-state index in [2.05, 4.69) is 22.1 Å². The van der Waals surface area contributed by atoms with Gasteiger partial charge in [0.2, 0.25) is 5.91 Å². The summed E-state index contributed by atoms with van der Waals surface area (Å²) in [7, 11) is 1.64. The lowest BCUT2D eigenvalue weighted by Gasteiger charge is -2.33. The largest absolute Gasteiger partial charge is 0.495 e. The molecule has 1 fully saturated rings. The minimum absolute atomic E-state index is 0.146. The van der Waals surface area contributed by atoms with Gasteiger partial charge < -0.3 is 9.64 Å². The fraction of sp³-hybridized carbons (Fsp3) is 0.364. The topological polar surface area (TPSA) is 73.1 Å². The van der Waals surface area contributed by atoms with Crippen LogP contribution < -0.4 is 4.74 Å². The average molecular weight is 424 g/mol. The Morgan fingerprint density at radius 1 is 1.17 bits per heavy atom. The van der Waals surface area contributed by atoms with Gasteiger partial charge in [-0.25, -0.2) is 0 Å². The van der Waals surface area contributed by atoms with E-state index in [1.807, 2.05) is 45.9 Å². The lowest BCUT2D eigenvalue weighted by molar-refractivity contribution is -0.131. The monoisotopic (exact) mass is 423 g/mol. The number of para-hydroxylation sites is 2. The molecule has 0 aliphatic carbocycles. The van der Waals surface area contributed by atoms with Gasteiger partial charge in [0.15, 0.2) is 11.0 Å². The first kappa shape index (κ1) is 20.4. The van der Waals surface area contributed by atoms with Crippen molar-refractivity contribution in [3.05, 3.63) is 48.8 Å². The second-order valence-electron chi connectivity index (χ2n) is 7.27. The van der Waals surface area contributed by atoms with E-state index in [4.69, 9.17) is 4.74 Å². The van der Waals surface area contributed by atoms with Gasteiger partial charge >= 0.3 is 0 Å². The number of rotatable bonds is 6. The first-order valence-electron chi connectivity index (χ1n) is 10.1. The minimum atomic E-state index is 0.146. The zero-order valence-electron chi connectivity index (χ0n) is 17.2. The molecule has 156 valence electrons. The number of thioether (sulfide) groups is 1. The number of hydrogen-bond donors (Lipinski definition) is 0. The molecule has 30 heavy (non-hydrogen) atoms. The van der Waals surface area contributed by atoms with Gasteiger partial charge in [-0.05, 0) is 50.5 Å². The van der Waals surface area contributed by atoms with E-state index in [1.165, 1.54) is 18.2 Å². The highest BCUT2D eigenvalue weighted by Crippen LogP contribution is 2.32. The molecule has 1 aliphatic rings. The lowest BCUT2D eigenvalue weighted by Crippen LogP contribution is -2.42. The van der Waals surface area contributed by atoms with Gasteiger partial charge in [-0.2, -0.15) is 0 Å². The fourth-order valence-corrected chi connectivity index (χ4v) is 4.59. The Balaban J connectivity index is 1.66. The van der Waals surface area contributed by atoms with Gasteiger partial charge in [0.25, 0.3) is 0 Å². The number of aromatic nitrogens is 4. The zero-order valence-corrected chi connectivity index (χ0v) is 18.0. The van der Waals surface area contributed by atoms with Crippen molar-refractivity contribution >= 4 is 17.7 Å². The molecular weight excluding hydrogens is 398 g/mol. The Hall–Kier alpha value is -2.87. The molecule has 1 aromatic carbocycles. The van der Waals surface area contributed by atoms with Crippen LogP contribution in [0.3, 0.4) is 0 Å². The first-order valence-corrected chi connectivity index (χ1v) is 11.1. The van der Waals surface area contributed by atoms with Crippen LogP contribution in [0.25, 0.3) is 17.1 Å². The maximum Gasteiger partial charge on any atom is 0.233 e. The summed E-state index contributed by atoms with van der Waals surface area (Å²) in [6.07, 6.45) is 6.79. The van der Waals surface area contributed by atoms with Gasteiger partial charge in [-0.1, -0.05) is 23.9 Å². The Bertz CT molecular complexity index is 1010.